The van der Waals surface area contributed by atoms with Crippen LogP contribution >= 0.6 is 0 Å². The molecule has 2 aromatic carbocycles. The first-order valence-corrected chi connectivity index (χ1v) is 7.87. The van der Waals surface area contributed by atoms with E-state index in [1.165, 1.54) is 18.2 Å². The van der Waals surface area contributed by atoms with Crippen LogP contribution in [0.1, 0.15) is 11.1 Å². The van der Waals surface area contributed by atoms with Crippen LogP contribution in [0.5, 0.6) is 0 Å². The van der Waals surface area contributed by atoms with Crippen molar-refractivity contribution in [2.75, 3.05) is 0 Å². The second kappa shape index (κ2) is 5.57. The van der Waals surface area contributed by atoms with Crippen LogP contribution in [0.15, 0.2) is 70.7 Å². The minimum atomic E-state index is -4.05. The van der Waals surface area contributed by atoms with Gasteiger partial charge in [0.25, 0.3) is 0 Å². The Morgan fingerprint density at radius 1 is 0.864 bits per heavy atom. The summed E-state index contributed by atoms with van der Waals surface area (Å²) < 4.78 is 28.8. The third kappa shape index (κ3) is 2.68. The Balaban J connectivity index is 1.96. The van der Waals surface area contributed by atoms with Crippen molar-refractivity contribution in [2.45, 2.75) is 4.90 Å². The summed E-state index contributed by atoms with van der Waals surface area (Å²) in [5.74, 6) is -0.401. The van der Waals surface area contributed by atoms with Crippen LogP contribution in [0, 0.1) is 0 Å². The quantitative estimate of drug-likeness (QED) is 0.816. The first-order valence-electron chi connectivity index (χ1n) is 6.46. The molecule has 0 atom stereocenters. The van der Waals surface area contributed by atoms with Crippen molar-refractivity contribution in [3.63, 3.8) is 0 Å². The molecule has 1 aliphatic rings. The number of nitrogens with zero attached hydrogens (tertiary/aromatic N) is 1. The van der Waals surface area contributed by atoms with Crippen LogP contribution in [0.4, 0.5) is 0 Å². The zero-order chi connectivity index (χ0) is 15.6. The normalized spacial score (nSPS) is 15.6. The third-order valence-corrected chi connectivity index (χ3v) is 4.24. The van der Waals surface area contributed by atoms with E-state index in [0.717, 1.165) is 5.56 Å². The van der Waals surface area contributed by atoms with Crippen molar-refractivity contribution in [3.05, 3.63) is 71.8 Å². The summed E-state index contributed by atoms with van der Waals surface area (Å²) in [5, 5.41) is 3.58. The Bertz CT molecular complexity index is 883. The lowest BCUT2D eigenvalue weighted by molar-refractivity contribution is -0.108. The van der Waals surface area contributed by atoms with Gasteiger partial charge in [0.15, 0.2) is 5.71 Å². The summed E-state index contributed by atoms with van der Waals surface area (Å²) in [6.07, 6.45) is 2.99. The highest BCUT2D eigenvalue weighted by Gasteiger charge is 2.22. The zero-order valence-electron chi connectivity index (χ0n) is 11.3. The molecule has 0 radical (unpaired) electrons. The van der Waals surface area contributed by atoms with E-state index in [1.807, 2.05) is 6.07 Å². The Labute approximate surface area is 127 Å². The third-order valence-electron chi connectivity index (χ3n) is 3.12. The fourth-order valence-corrected chi connectivity index (χ4v) is 2.80. The van der Waals surface area contributed by atoms with Gasteiger partial charge in [0.2, 0.25) is 5.78 Å². The predicted molar refractivity (Wildman–Crippen MR) is 81.7 cm³/mol. The number of fused-ring (bicyclic) bond motifs is 1. The molecule has 0 bridgehead atoms. The van der Waals surface area contributed by atoms with E-state index >= 15 is 0 Å². The van der Waals surface area contributed by atoms with Gasteiger partial charge in [0, 0.05) is 5.56 Å². The van der Waals surface area contributed by atoms with Gasteiger partial charge >= 0.3 is 10.1 Å². The molecule has 0 saturated carbocycles. The minimum Gasteiger partial charge on any atom is -0.287 e. The van der Waals surface area contributed by atoms with Gasteiger partial charge in [-0.2, -0.15) is 8.42 Å². The first kappa shape index (κ1) is 14.2. The van der Waals surface area contributed by atoms with E-state index in [-0.39, 0.29) is 10.6 Å². The van der Waals surface area contributed by atoms with E-state index in [2.05, 4.69) is 9.44 Å². The van der Waals surface area contributed by atoms with Crippen molar-refractivity contribution >= 4 is 27.7 Å². The zero-order valence-corrected chi connectivity index (χ0v) is 12.2. The molecule has 1 aliphatic carbocycles. The van der Waals surface area contributed by atoms with Gasteiger partial charge in [-0.3, -0.25) is 9.08 Å². The summed E-state index contributed by atoms with van der Waals surface area (Å²) in [6, 6.07) is 14.7. The maximum Gasteiger partial charge on any atom is 0.358 e. The molecule has 0 spiro atoms. The fourth-order valence-electron chi connectivity index (χ4n) is 2.05. The Kier molecular flexibility index (Phi) is 3.60. The molecule has 0 amide bonds. The topological polar surface area (TPSA) is 72.8 Å². The smallest absolute Gasteiger partial charge is 0.287 e. The molecule has 0 heterocycles. The second-order valence-electron chi connectivity index (χ2n) is 4.57. The highest BCUT2D eigenvalue weighted by molar-refractivity contribution is 7.86. The van der Waals surface area contributed by atoms with Crippen LogP contribution in [0.3, 0.4) is 0 Å². The molecule has 22 heavy (non-hydrogen) atoms. The molecule has 0 unspecified atom stereocenters. The highest BCUT2D eigenvalue weighted by atomic mass is 32.2. The van der Waals surface area contributed by atoms with Crippen LogP contribution in [0.25, 0.3) is 6.08 Å². The Morgan fingerprint density at radius 2 is 1.55 bits per heavy atom. The maximum absolute atomic E-state index is 12.0. The fraction of sp³-hybridized carbons (Fsp3) is 0. The van der Waals surface area contributed by atoms with Crippen LogP contribution in [0.2, 0.25) is 0 Å². The van der Waals surface area contributed by atoms with E-state index in [0.29, 0.717) is 5.56 Å². The Morgan fingerprint density at radius 3 is 2.32 bits per heavy atom. The molecule has 2 aromatic rings. The lowest BCUT2D eigenvalue weighted by atomic mass is 9.95. The van der Waals surface area contributed by atoms with E-state index < -0.39 is 15.9 Å². The molecule has 0 aromatic heterocycles. The molecule has 0 N–H and O–H groups in total. The standard InChI is InChI=1S/C16H11NO4S/c18-15-11-10-12-6-4-5-9-14(12)16(15)17-21-22(19,20)13-7-2-1-3-8-13/h1-11H/b17-16+. The van der Waals surface area contributed by atoms with Crippen molar-refractivity contribution in [2.24, 2.45) is 5.16 Å². The van der Waals surface area contributed by atoms with Crippen molar-refractivity contribution in [1.82, 2.24) is 0 Å². The van der Waals surface area contributed by atoms with E-state index in [9.17, 15) is 13.2 Å². The van der Waals surface area contributed by atoms with E-state index in [1.54, 1.807) is 42.5 Å². The molecule has 3 rings (SSSR count). The number of rotatable bonds is 3. The highest BCUT2D eigenvalue weighted by Crippen LogP contribution is 2.19. The van der Waals surface area contributed by atoms with Gasteiger partial charge in [-0.15, -0.1) is 0 Å². The van der Waals surface area contributed by atoms with Gasteiger partial charge in [-0.1, -0.05) is 53.7 Å². The van der Waals surface area contributed by atoms with Crippen molar-refractivity contribution in [1.29, 1.82) is 0 Å². The van der Waals surface area contributed by atoms with Gasteiger partial charge in [0.05, 0.1) is 0 Å². The van der Waals surface area contributed by atoms with E-state index in [4.69, 9.17) is 0 Å². The van der Waals surface area contributed by atoms with Crippen molar-refractivity contribution in [3.8, 4) is 0 Å². The number of allylic oxidation sites excluding steroid dienone is 1. The first-order chi connectivity index (χ1) is 10.6. The van der Waals surface area contributed by atoms with Crippen LogP contribution in [-0.2, 0) is 19.2 Å². The summed E-state index contributed by atoms with van der Waals surface area (Å²) in [6.45, 7) is 0. The second-order valence-corrected chi connectivity index (χ2v) is 6.10. The van der Waals surface area contributed by atoms with Crippen LogP contribution < -0.4 is 0 Å². The number of carbonyl (C=O) groups is 1. The molecular weight excluding hydrogens is 302 g/mol. The number of hydrogen-bond acceptors (Lipinski definition) is 5. The largest absolute Gasteiger partial charge is 0.358 e. The van der Waals surface area contributed by atoms with Gasteiger partial charge < -0.3 is 0 Å². The molecule has 0 saturated heterocycles. The molecule has 6 heteroatoms. The predicted octanol–water partition coefficient (Wildman–Crippen LogP) is 2.39. The molecule has 5 nitrogen and oxygen atoms in total. The number of carbonyl (C=O) groups excluding carboxylic acids is 1. The van der Waals surface area contributed by atoms with Gasteiger partial charge in [-0.05, 0) is 23.8 Å². The lowest BCUT2D eigenvalue weighted by Gasteiger charge is -2.11. The maximum atomic E-state index is 12.0. The number of ketones is 1. The molecule has 0 aliphatic heterocycles. The monoisotopic (exact) mass is 313 g/mol. The average molecular weight is 313 g/mol. The summed E-state index contributed by atoms with van der Waals surface area (Å²) >= 11 is 0. The lowest BCUT2D eigenvalue weighted by Crippen LogP contribution is -2.19. The molecule has 0 fully saturated rings. The summed E-state index contributed by atoms with van der Waals surface area (Å²) in [5.41, 5.74) is 1.29. The Hall–Kier alpha value is -2.73. The van der Waals surface area contributed by atoms with Gasteiger partial charge in [0.1, 0.15) is 4.90 Å². The van der Waals surface area contributed by atoms with Crippen molar-refractivity contribution < 1.29 is 17.5 Å². The summed E-state index contributed by atoms with van der Waals surface area (Å²) in [7, 11) is -4.05. The summed E-state index contributed by atoms with van der Waals surface area (Å²) in [4.78, 5) is 11.9. The number of oxime groups is 1. The van der Waals surface area contributed by atoms with Gasteiger partial charge in [-0.25, -0.2) is 0 Å². The van der Waals surface area contributed by atoms with Crippen LogP contribution in [-0.4, -0.2) is 19.9 Å². The average Bonchev–Trinajstić information content (AvgIpc) is 2.55. The number of benzene rings is 2. The molecule has 110 valence electrons. The number of hydrogen-bond donors (Lipinski definition) is 0. The minimum absolute atomic E-state index is 0.0218. The SMILES string of the molecule is O=C1C=Cc2ccccc2/C1=N\OS(=O)(=O)c1ccccc1. The molecular formula is C16H11NO4S.